The lowest BCUT2D eigenvalue weighted by atomic mass is 10.1. The van der Waals surface area contributed by atoms with E-state index in [1.54, 1.807) is 6.07 Å². The Bertz CT molecular complexity index is 371. The lowest BCUT2D eigenvalue weighted by Gasteiger charge is -2.04. The second-order valence-corrected chi connectivity index (χ2v) is 2.82. The molecule has 14 heavy (non-hydrogen) atoms. The highest BCUT2D eigenvalue weighted by Crippen LogP contribution is 2.16. The predicted octanol–water partition coefficient (Wildman–Crippen LogP) is 2.18. The third-order valence-electron chi connectivity index (χ3n) is 1.74. The Hall–Kier alpha value is -1.47. The van der Waals surface area contributed by atoms with Crippen LogP contribution in [0.1, 0.15) is 11.1 Å². The minimum atomic E-state index is -0.952. The molecule has 0 aliphatic heterocycles. The van der Waals surface area contributed by atoms with E-state index in [2.05, 4.69) is 0 Å². The minimum Gasteiger partial charge on any atom is -0.380 e. The van der Waals surface area contributed by atoms with Crippen LogP contribution in [-0.2, 0) is 17.8 Å². The Labute approximate surface area is 80.7 Å². The molecule has 0 aromatic heterocycles. The summed E-state index contributed by atoms with van der Waals surface area (Å²) < 4.78 is 30.8. The average Bonchev–Trinajstić information content (AvgIpc) is 2.14. The van der Waals surface area contributed by atoms with Crippen molar-refractivity contribution in [3.05, 3.63) is 34.9 Å². The molecule has 0 atom stereocenters. The number of hydrogen-bond donors (Lipinski definition) is 0. The maximum absolute atomic E-state index is 13.0. The second kappa shape index (κ2) is 4.68. The summed E-state index contributed by atoms with van der Waals surface area (Å²) >= 11 is 0. The van der Waals surface area contributed by atoms with Gasteiger partial charge in [-0.3, -0.25) is 0 Å². The SMILES string of the molecule is COCc1cc(F)c(F)c(CC#N)c1. The van der Waals surface area contributed by atoms with Gasteiger partial charge in [-0.1, -0.05) is 0 Å². The van der Waals surface area contributed by atoms with Gasteiger partial charge < -0.3 is 4.74 Å². The highest BCUT2D eigenvalue weighted by molar-refractivity contribution is 5.28. The van der Waals surface area contributed by atoms with Crippen molar-refractivity contribution in [2.45, 2.75) is 13.0 Å². The Morgan fingerprint density at radius 1 is 1.43 bits per heavy atom. The molecule has 0 heterocycles. The minimum absolute atomic E-state index is 0.0690. The number of nitriles is 1. The van der Waals surface area contributed by atoms with Crippen LogP contribution in [0, 0.1) is 23.0 Å². The van der Waals surface area contributed by atoms with Gasteiger partial charge in [0.2, 0.25) is 0 Å². The standard InChI is InChI=1S/C10H9F2NO/c1-14-6-7-4-8(2-3-13)10(12)9(11)5-7/h4-5H,2,6H2,1H3. The third-order valence-corrected chi connectivity index (χ3v) is 1.74. The molecule has 0 aliphatic carbocycles. The van der Waals surface area contributed by atoms with E-state index in [-0.39, 0.29) is 18.6 Å². The molecule has 1 aromatic rings. The topological polar surface area (TPSA) is 33.0 Å². The first kappa shape index (κ1) is 10.6. The van der Waals surface area contributed by atoms with Crippen LogP contribution in [-0.4, -0.2) is 7.11 Å². The van der Waals surface area contributed by atoms with Gasteiger partial charge in [0.05, 0.1) is 19.1 Å². The summed E-state index contributed by atoms with van der Waals surface area (Å²) in [6.45, 7) is 0.204. The molecule has 0 amide bonds. The Morgan fingerprint density at radius 2 is 2.14 bits per heavy atom. The third kappa shape index (κ3) is 2.27. The van der Waals surface area contributed by atoms with Crippen molar-refractivity contribution in [1.29, 1.82) is 5.26 Å². The van der Waals surface area contributed by atoms with Crippen molar-refractivity contribution in [2.24, 2.45) is 0 Å². The van der Waals surface area contributed by atoms with E-state index >= 15 is 0 Å². The first-order valence-corrected chi connectivity index (χ1v) is 4.01. The number of nitrogens with zero attached hydrogens (tertiary/aromatic N) is 1. The zero-order chi connectivity index (χ0) is 10.6. The first-order valence-electron chi connectivity index (χ1n) is 4.01. The van der Waals surface area contributed by atoms with E-state index in [0.717, 1.165) is 6.07 Å². The number of methoxy groups -OCH3 is 1. The Morgan fingerprint density at radius 3 is 2.71 bits per heavy atom. The lowest BCUT2D eigenvalue weighted by molar-refractivity contribution is 0.184. The summed E-state index contributed by atoms with van der Waals surface area (Å²) in [4.78, 5) is 0. The zero-order valence-electron chi connectivity index (χ0n) is 7.68. The summed E-state index contributed by atoms with van der Waals surface area (Å²) in [6.07, 6.45) is -0.139. The fourth-order valence-electron chi connectivity index (χ4n) is 1.17. The van der Waals surface area contributed by atoms with Crippen molar-refractivity contribution in [3.8, 4) is 6.07 Å². The smallest absolute Gasteiger partial charge is 0.163 e. The maximum atomic E-state index is 13.0. The number of ether oxygens (including phenoxy) is 1. The van der Waals surface area contributed by atoms with Gasteiger partial charge in [0.1, 0.15) is 0 Å². The van der Waals surface area contributed by atoms with Crippen molar-refractivity contribution in [3.63, 3.8) is 0 Å². The number of rotatable bonds is 3. The Balaban J connectivity index is 3.08. The second-order valence-electron chi connectivity index (χ2n) is 2.82. The van der Waals surface area contributed by atoms with E-state index in [1.165, 1.54) is 13.2 Å². The van der Waals surface area contributed by atoms with E-state index in [9.17, 15) is 8.78 Å². The number of halogens is 2. The van der Waals surface area contributed by atoms with Crippen LogP contribution in [0.3, 0.4) is 0 Å². The van der Waals surface area contributed by atoms with Crippen molar-refractivity contribution in [2.75, 3.05) is 7.11 Å². The molecule has 74 valence electrons. The lowest BCUT2D eigenvalue weighted by Crippen LogP contribution is -1.98. The predicted molar refractivity (Wildman–Crippen MR) is 46.4 cm³/mol. The zero-order valence-corrected chi connectivity index (χ0v) is 7.68. The van der Waals surface area contributed by atoms with Gasteiger partial charge in [-0.2, -0.15) is 5.26 Å². The molecule has 0 saturated carbocycles. The normalized spacial score (nSPS) is 9.86. The molecule has 0 fully saturated rings. The highest BCUT2D eigenvalue weighted by atomic mass is 19.2. The fourth-order valence-corrected chi connectivity index (χ4v) is 1.17. The number of hydrogen-bond acceptors (Lipinski definition) is 2. The maximum Gasteiger partial charge on any atom is 0.163 e. The van der Waals surface area contributed by atoms with Gasteiger partial charge in [0.15, 0.2) is 11.6 Å². The average molecular weight is 197 g/mol. The van der Waals surface area contributed by atoms with E-state index in [1.807, 2.05) is 0 Å². The molecule has 1 rings (SSSR count). The van der Waals surface area contributed by atoms with Gasteiger partial charge in [-0.05, 0) is 17.7 Å². The molecule has 0 unspecified atom stereocenters. The van der Waals surface area contributed by atoms with Crippen LogP contribution >= 0.6 is 0 Å². The van der Waals surface area contributed by atoms with Crippen LogP contribution in [0.4, 0.5) is 8.78 Å². The molecule has 4 heteroatoms. The molecule has 2 nitrogen and oxygen atoms in total. The van der Waals surface area contributed by atoms with E-state index < -0.39 is 11.6 Å². The molecular formula is C10H9F2NO. The molecule has 0 radical (unpaired) electrons. The highest BCUT2D eigenvalue weighted by Gasteiger charge is 2.10. The van der Waals surface area contributed by atoms with Gasteiger partial charge in [-0.25, -0.2) is 8.78 Å². The van der Waals surface area contributed by atoms with Gasteiger partial charge in [0.25, 0.3) is 0 Å². The molecule has 0 bridgehead atoms. The number of benzene rings is 1. The monoisotopic (exact) mass is 197 g/mol. The van der Waals surface area contributed by atoms with Crippen molar-refractivity contribution >= 4 is 0 Å². The van der Waals surface area contributed by atoms with Crippen LogP contribution in [0.15, 0.2) is 12.1 Å². The quantitative estimate of drug-likeness (QED) is 0.744. The largest absolute Gasteiger partial charge is 0.380 e. The molecule has 1 aromatic carbocycles. The van der Waals surface area contributed by atoms with E-state index in [4.69, 9.17) is 10.00 Å². The van der Waals surface area contributed by atoms with E-state index in [0.29, 0.717) is 5.56 Å². The first-order chi connectivity index (χ1) is 6.69. The molecule has 0 N–H and O–H groups in total. The van der Waals surface area contributed by atoms with Gasteiger partial charge >= 0.3 is 0 Å². The molecule has 0 spiro atoms. The fraction of sp³-hybridized carbons (Fsp3) is 0.300. The van der Waals surface area contributed by atoms with Crippen LogP contribution < -0.4 is 0 Å². The van der Waals surface area contributed by atoms with Crippen LogP contribution in [0.5, 0.6) is 0 Å². The van der Waals surface area contributed by atoms with Crippen LogP contribution in [0.2, 0.25) is 0 Å². The summed E-state index contributed by atoms with van der Waals surface area (Å²) in [7, 11) is 1.46. The summed E-state index contributed by atoms with van der Waals surface area (Å²) in [5, 5.41) is 8.39. The summed E-state index contributed by atoms with van der Waals surface area (Å²) in [6, 6.07) is 4.28. The molecular weight excluding hydrogens is 188 g/mol. The van der Waals surface area contributed by atoms with Gasteiger partial charge in [0, 0.05) is 12.7 Å². The summed E-state index contributed by atoms with van der Waals surface area (Å²) in [5.74, 6) is -1.89. The van der Waals surface area contributed by atoms with Gasteiger partial charge in [-0.15, -0.1) is 0 Å². The Kier molecular flexibility index (Phi) is 3.55. The summed E-state index contributed by atoms with van der Waals surface area (Å²) in [5.41, 5.74) is 0.594. The van der Waals surface area contributed by atoms with Crippen molar-refractivity contribution < 1.29 is 13.5 Å². The molecule has 0 saturated heterocycles. The van der Waals surface area contributed by atoms with Crippen LogP contribution in [0.25, 0.3) is 0 Å². The van der Waals surface area contributed by atoms with Crippen molar-refractivity contribution in [1.82, 2.24) is 0 Å². The molecule has 0 aliphatic rings.